The van der Waals surface area contributed by atoms with E-state index in [2.05, 4.69) is 0 Å². The van der Waals surface area contributed by atoms with Gasteiger partial charge in [0.25, 0.3) is 0 Å². The molecule has 120 valence electrons. The van der Waals surface area contributed by atoms with Crippen LogP contribution in [0.1, 0.15) is 18.4 Å². The molecule has 1 atom stereocenters. The van der Waals surface area contributed by atoms with Crippen LogP contribution in [0.15, 0.2) is 30.3 Å². The van der Waals surface area contributed by atoms with E-state index in [0.717, 1.165) is 5.56 Å². The molecule has 0 aliphatic carbocycles. The molecule has 1 aliphatic heterocycles. The molecule has 0 N–H and O–H groups in total. The number of hydrogen-bond acceptors (Lipinski definition) is 5. The first-order valence-electron chi connectivity index (χ1n) is 7.34. The Kier molecular flexibility index (Phi) is 6.21. The zero-order valence-corrected chi connectivity index (χ0v) is 12.7. The van der Waals surface area contributed by atoms with E-state index >= 15 is 0 Å². The van der Waals surface area contributed by atoms with E-state index in [1.807, 2.05) is 30.3 Å². The van der Waals surface area contributed by atoms with Gasteiger partial charge < -0.3 is 19.1 Å². The van der Waals surface area contributed by atoms with E-state index in [1.165, 1.54) is 6.92 Å². The third-order valence-corrected chi connectivity index (χ3v) is 3.44. The van der Waals surface area contributed by atoms with Gasteiger partial charge in [0.15, 0.2) is 0 Å². The molecule has 1 aromatic carbocycles. The maximum atomic E-state index is 12.0. The Balaban J connectivity index is 1.91. The summed E-state index contributed by atoms with van der Waals surface area (Å²) in [4.78, 5) is 24.6. The van der Waals surface area contributed by atoms with E-state index in [1.54, 1.807) is 4.90 Å². The highest BCUT2D eigenvalue weighted by Crippen LogP contribution is 2.17. The average molecular weight is 307 g/mol. The second kappa shape index (κ2) is 8.38. The highest BCUT2D eigenvalue weighted by Gasteiger charge is 2.21. The van der Waals surface area contributed by atoms with Gasteiger partial charge in [0.2, 0.25) is 0 Å². The van der Waals surface area contributed by atoms with Gasteiger partial charge >= 0.3 is 12.1 Å². The van der Waals surface area contributed by atoms with Crippen LogP contribution in [-0.2, 0) is 19.0 Å². The van der Waals surface area contributed by atoms with Crippen molar-refractivity contribution in [3.8, 4) is 0 Å². The van der Waals surface area contributed by atoms with Crippen molar-refractivity contribution < 1.29 is 23.8 Å². The van der Waals surface area contributed by atoms with Gasteiger partial charge in [-0.1, -0.05) is 30.3 Å². The Morgan fingerprint density at radius 3 is 2.41 bits per heavy atom. The van der Waals surface area contributed by atoms with Crippen LogP contribution in [0.3, 0.4) is 0 Å². The minimum absolute atomic E-state index is 0.171. The summed E-state index contributed by atoms with van der Waals surface area (Å²) in [5, 5.41) is 0. The summed E-state index contributed by atoms with van der Waals surface area (Å²) in [5.74, 6) is -0.518. The number of carbonyl (C=O) groups excluding carboxylic acids is 2. The van der Waals surface area contributed by atoms with Crippen molar-refractivity contribution >= 4 is 12.1 Å². The van der Waals surface area contributed by atoms with Crippen molar-refractivity contribution in [1.82, 2.24) is 4.90 Å². The molecule has 6 nitrogen and oxygen atoms in total. The number of morpholine rings is 1. The summed E-state index contributed by atoms with van der Waals surface area (Å²) < 4.78 is 15.6. The highest BCUT2D eigenvalue weighted by atomic mass is 16.6. The van der Waals surface area contributed by atoms with E-state index in [0.29, 0.717) is 26.3 Å². The number of ether oxygens (including phenoxy) is 3. The lowest BCUT2D eigenvalue weighted by atomic mass is 10.0. The molecule has 0 unspecified atom stereocenters. The molecule has 1 fully saturated rings. The van der Waals surface area contributed by atoms with Gasteiger partial charge in [0, 0.05) is 20.0 Å². The summed E-state index contributed by atoms with van der Waals surface area (Å²) >= 11 is 0. The van der Waals surface area contributed by atoms with Crippen molar-refractivity contribution in [3.05, 3.63) is 35.9 Å². The van der Waals surface area contributed by atoms with Crippen molar-refractivity contribution in [3.63, 3.8) is 0 Å². The predicted octanol–water partition coefficient (Wildman–Crippen LogP) is 1.80. The lowest BCUT2D eigenvalue weighted by Gasteiger charge is -2.27. The first-order valence-corrected chi connectivity index (χ1v) is 7.34. The zero-order valence-electron chi connectivity index (χ0n) is 12.7. The summed E-state index contributed by atoms with van der Waals surface area (Å²) in [7, 11) is 0. The van der Waals surface area contributed by atoms with E-state index in [4.69, 9.17) is 14.2 Å². The molecule has 0 radical (unpaired) electrons. The lowest BCUT2D eigenvalue weighted by molar-refractivity contribution is -0.141. The maximum absolute atomic E-state index is 12.0. The third-order valence-electron chi connectivity index (χ3n) is 3.44. The molecule has 1 saturated heterocycles. The van der Waals surface area contributed by atoms with Gasteiger partial charge in [-0.25, -0.2) is 4.79 Å². The van der Waals surface area contributed by atoms with Crippen LogP contribution >= 0.6 is 0 Å². The molecule has 1 heterocycles. The van der Waals surface area contributed by atoms with E-state index in [9.17, 15) is 9.59 Å². The predicted molar refractivity (Wildman–Crippen MR) is 79.6 cm³/mol. The van der Waals surface area contributed by atoms with E-state index in [-0.39, 0.29) is 31.2 Å². The number of hydrogen-bond donors (Lipinski definition) is 0. The van der Waals surface area contributed by atoms with Gasteiger partial charge in [-0.05, 0) is 5.56 Å². The highest BCUT2D eigenvalue weighted by molar-refractivity contribution is 5.68. The second-order valence-corrected chi connectivity index (χ2v) is 5.09. The molecule has 1 aromatic rings. The van der Waals surface area contributed by atoms with E-state index < -0.39 is 0 Å². The smallest absolute Gasteiger partial charge is 0.409 e. The van der Waals surface area contributed by atoms with Crippen LogP contribution < -0.4 is 0 Å². The number of benzene rings is 1. The molecule has 1 aliphatic rings. The zero-order chi connectivity index (χ0) is 15.8. The van der Waals surface area contributed by atoms with Gasteiger partial charge in [-0.15, -0.1) is 0 Å². The topological polar surface area (TPSA) is 65.1 Å². The fourth-order valence-corrected chi connectivity index (χ4v) is 2.19. The normalized spacial score (nSPS) is 16.0. The van der Waals surface area contributed by atoms with Crippen LogP contribution in [-0.4, -0.2) is 56.5 Å². The summed E-state index contributed by atoms with van der Waals surface area (Å²) in [6.45, 7) is 3.87. The molecule has 1 amide bonds. The Labute approximate surface area is 129 Å². The van der Waals surface area contributed by atoms with Crippen LogP contribution in [0.5, 0.6) is 0 Å². The molecule has 0 spiro atoms. The fourth-order valence-electron chi connectivity index (χ4n) is 2.19. The second-order valence-electron chi connectivity index (χ2n) is 5.09. The summed E-state index contributed by atoms with van der Waals surface area (Å²) in [6.07, 6.45) is -0.355. The maximum Gasteiger partial charge on any atom is 0.409 e. The van der Waals surface area contributed by atoms with Gasteiger partial charge in [0.1, 0.15) is 13.2 Å². The van der Waals surface area contributed by atoms with Crippen molar-refractivity contribution in [2.75, 3.05) is 39.5 Å². The van der Waals surface area contributed by atoms with Crippen LogP contribution in [0.2, 0.25) is 0 Å². The minimum atomic E-state index is -0.355. The molecular weight excluding hydrogens is 286 g/mol. The Morgan fingerprint density at radius 2 is 1.77 bits per heavy atom. The Bertz CT molecular complexity index is 485. The number of rotatable bonds is 5. The van der Waals surface area contributed by atoms with Gasteiger partial charge in [-0.3, -0.25) is 4.79 Å². The third kappa shape index (κ3) is 5.04. The first kappa shape index (κ1) is 16.3. The quantitative estimate of drug-likeness (QED) is 0.776. The average Bonchev–Trinajstić information content (AvgIpc) is 2.56. The molecular formula is C16H21NO5. The minimum Gasteiger partial charge on any atom is -0.465 e. The number of amides is 1. The summed E-state index contributed by atoms with van der Waals surface area (Å²) in [5.41, 5.74) is 0.971. The molecule has 22 heavy (non-hydrogen) atoms. The number of carbonyl (C=O) groups is 2. The Morgan fingerprint density at radius 1 is 1.14 bits per heavy atom. The van der Waals surface area contributed by atoms with Crippen LogP contribution in [0.25, 0.3) is 0 Å². The monoisotopic (exact) mass is 307 g/mol. The Hall–Kier alpha value is -2.08. The standard InChI is InChI=1S/C16H21NO5/c1-13(18)21-11-15(14-5-3-2-4-6-14)12-22-16(19)17-7-9-20-10-8-17/h2-6,15H,7-12H2,1H3/t15-/m1/s1. The molecule has 0 saturated carbocycles. The van der Waals surface area contributed by atoms with Gasteiger partial charge in [-0.2, -0.15) is 0 Å². The SMILES string of the molecule is CC(=O)OC[C@H](COC(=O)N1CCOCC1)c1ccccc1. The molecule has 0 aromatic heterocycles. The fraction of sp³-hybridized carbons (Fsp3) is 0.500. The number of esters is 1. The number of nitrogens with zero attached hydrogens (tertiary/aromatic N) is 1. The van der Waals surface area contributed by atoms with Crippen molar-refractivity contribution in [1.29, 1.82) is 0 Å². The van der Waals surface area contributed by atoms with Crippen LogP contribution in [0, 0.1) is 0 Å². The molecule has 6 heteroatoms. The molecule has 0 bridgehead atoms. The lowest BCUT2D eigenvalue weighted by Crippen LogP contribution is -2.41. The molecule has 2 rings (SSSR count). The largest absolute Gasteiger partial charge is 0.465 e. The first-order chi connectivity index (χ1) is 10.7. The van der Waals surface area contributed by atoms with Crippen LogP contribution in [0.4, 0.5) is 4.79 Å². The summed E-state index contributed by atoms with van der Waals surface area (Å²) in [6, 6.07) is 9.57. The van der Waals surface area contributed by atoms with Crippen molar-refractivity contribution in [2.24, 2.45) is 0 Å². The van der Waals surface area contributed by atoms with Crippen molar-refractivity contribution in [2.45, 2.75) is 12.8 Å². The van der Waals surface area contributed by atoms with Gasteiger partial charge in [0.05, 0.1) is 19.1 Å².